The second kappa shape index (κ2) is 6.16. The normalized spacial score (nSPS) is 18.1. The largest absolute Gasteiger partial charge is 0.493 e. The number of hydrogen-bond donors (Lipinski definition) is 1. The van der Waals surface area contributed by atoms with Crippen molar-refractivity contribution in [1.29, 1.82) is 0 Å². The number of hydrogen-bond acceptors (Lipinski definition) is 2. The lowest BCUT2D eigenvalue weighted by atomic mass is 9.89. The quantitative estimate of drug-likeness (QED) is 0.903. The fraction of sp³-hybridized carbons (Fsp3) is 0.294. The molecule has 0 fully saturated rings. The number of para-hydroxylation sites is 1. The summed E-state index contributed by atoms with van der Waals surface area (Å²) in [4.78, 5) is 0. The molecule has 2 aromatic carbocycles. The molecule has 0 aromatic heterocycles. The van der Waals surface area contributed by atoms with Crippen LogP contribution in [0.4, 0.5) is 4.39 Å². The molecule has 0 aliphatic carbocycles. The predicted octanol–water partition coefficient (Wildman–Crippen LogP) is 3.89. The van der Waals surface area contributed by atoms with Crippen LogP contribution in [0.5, 0.6) is 5.75 Å². The van der Waals surface area contributed by atoms with E-state index in [1.165, 1.54) is 11.6 Å². The first-order chi connectivity index (χ1) is 10.2. The fourth-order valence-corrected chi connectivity index (χ4v) is 3.46. The molecular formula is C17H17BrFNO. The minimum absolute atomic E-state index is 0.211. The summed E-state index contributed by atoms with van der Waals surface area (Å²) in [5, 5.41) is 3.35. The van der Waals surface area contributed by atoms with E-state index in [0.717, 1.165) is 22.2 Å². The zero-order valence-electron chi connectivity index (χ0n) is 11.8. The van der Waals surface area contributed by atoms with Gasteiger partial charge in [-0.3, -0.25) is 0 Å². The standard InChI is InChI=1S/C17H17BrFNO/c1-20-16(8-11-6-12(18)9-13(19)7-11)15-10-21-17-5-3-2-4-14(15)17/h2-7,9,15-16,20H,8,10H2,1H3. The van der Waals surface area contributed by atoms with Crippen LogP contribution in [0.15, 0.2) is 46.9 Å². The SMILES string of the molecule is CNC(Cc1cc(F)cc(Br)c1)C1COc2ccccc21. The number of rotatable bonds is 4. The molecule has 2 nitrogen and oxygen atoms in total. The van der Waals surface area contributed by atoms with Crippen LogP contribution >= 0.6 is 15.9 Å². The summed E-state index contributed by atoms with van der Waals surface area (Å²) < 4.78 is 20.1. The summed E-state index contributed by atoms with van der Waals surface area (Å²) in [6.45, 7) is 0.668. The third-order valence-electron chi connectivity index (χ3n) is 3.97. The molecular weight excluding hydrogens is 333 g/mol. The van der Waals surface area contributed by atoms with Crippen LogP contribution in [0.1, 0.15) is 17.0 Å². The molecule has 2 unspecified atom stereocenters. The number of likely N-dealkylation sites (N-methyl/N-ethyl adjacent to an activating group) is 1. The van der Waals surface area contributed by atoms with E-state index in [1.807, 2.05) is 31.3 Å². The van der Waals surface area contributed by atoms with E-state index in [9.17, 15) is 4.39 Å². The van der Waals surface area contributed by atoms with Gasteiger partial charge in [-0.2, -0.15) is 0 Å². The summed E-state index contributed by atoms with van der Waals surface area (Å²) >= 11 is 3.35. The minimum Gasteiger partial charge on any atom is -0.493 e. The second-order valence-corrected chi connectivity index (χ2v) is 6.25. The Bertz CT molecular complexity index is 626. The third kappa shape index (κ3) is 3.11. The molecule has 1 aliphatic heterocycles. The molecule has 0 bridgehead atoms. The van der Waals surface area contributed by atoms with Crippen molar-refractivity contribution in [3.8, 4) is 5.75 Å². The van der Waals surface area contributed by atoms with Gasteiger partial charge in [0.05, 0.1) is 6.61 Å². The maximum Gasteiger partial charge on any atom is 0.124 e. The molecule has 0 amide bonds. The number of nitrogens with one attached hydrogen (secondary N) is 1. The Morgan fingerprint density at radius 3 is 2.90 bits per heavy atom. The Labute approximate surface area is 132 Å². The summed E-state index contributed by atoms with van der Waals surface area (Å²) in [5.41, 5.74) is 2.21. The molecule has 110 valence electrons. The molecule has 4 heteroatoms. The lowest BCUT2D eigenvalue weighted by Crippen LogP contribution is -2.35. The van der Waals surface area contributed by atoms with E-state index in [2.05, 4.69) is 27.3 Å². The van der Waals surface area contributed by atoms with Gasteiger partial charge >= 0.3 is 0 Å². The van der Waals surface area contributed by atoms with Crippen molar-refractivity contribution in [3.05, 3.63) is 63.9 Å². The summed E-state index contributed by atoms with van der Waals surface area (Å²) in [6.07, 6.45) is 0.759. The van der Waals surface area contributed by atoms with Gasteiger partial charge in [-0.1, -0.05) is 34.1 Å². The molecule has 0 radical (unpaired) electrons. The van der Waals surface area contributed by atoms with Crippen molar-refractivity contribution in [2.24, 2.45) is 0 Å². The average Bonchev–Trinajstić information content (AvgIpc) is 2.87. The molecule has 1 N–H and O–H groups in total. The highest BCUT2D eigenvalue weighted by molar-refractivity contribution is 9.10. The summed E-state index contributed by atoms with van der Waals surface area (Å²) in [5.74, 6) is 1.04. The first-order valence-electron chi connectivity index (χ1n) is 7.01. The Morgan fingerprint density at radius 2 is 2.14 bits per heavy atom. The van der Waals surface area contributed by atoms with Crippen molar-refractivity contribution < 1.29 is 9.13 Å². The van der Waals surface area contributed by atoms with Crippen molar-refractivity contribution in [2.75, 3.05) is 13.7 Å². The lowest BCUT2D eigenvalue weighted by Gasteiger charge is -2.22. The summed E-state index contributed by atoms with van der Waals surface area (Å²) in [6, 6.07) is 13.4. The van der Waals surface area contributed by atoms with Crippen LogP contribution in [0.2, 0.25) is 0 Å². The molecule has 0 saturated heterocycles. The first-order valence-corrected chi connectivity index (χ1v) is 7.80. The highest BCUT2D eigenvalue weighted by Crippen LogP contribution is 2.36. The highest BCUT2D eigenvalue weighted by atomic mass is 79.9. The number of fused-ring (bicyclic) bond motifs is 1. The zero-order chi connectivity index (χ0) is 14.8. The Kier molecular flexibility index (Phi) is 4.27. The smallest absolute Gasteiger partial charge is 0.124 e. The number of ether oxygens (including phenoxy) is 1. The molecule has 2 aromatic rings. The second-order valence-electron chi connectivity index (χ2n) is 5.33. The van der Waals surface area contributed by atoms with Gasteiger partial charge in [0, 0.05) is 22.0 Å². The van der Waals surface area contributed by atoms with Gasteiger partial charge in [-0.25, -0.2) is 4.39 Å². The topological polar surface area (TPSA) is 21.3 Å². The Morgan fingerprint density at radius 1 is 1.33 bits per heavy atom. The Hall–Kier alpha value is -1.39. The van der Waals surface area contributed by atoms with Crippen LogP contribution in [-0.2, 0) is 6.42 Å². The van der Waals surface area contributed by atoms with Gasteiger partial charge in [-0.15, -0.1) is 0 Å². The van der Waals surface area contributed by atoms with Gasteiger partial charge < -0.3 is 10.1 Å². The zero-order valence-corrected chi connectivity index (χ0v) is 13.4. The minimum atomic E-state index is -0.211. The summed E-state index contributed by atoms with van der Waals surface area (Å²) in [7, 11) is 1.94. The van der Waals surface area contributed by atoms with Crippen molar-refractivity contribution >= 4 is 15.9 Å². The third-order valence-corrected chi connectivity index (χ3v) is 4.43. The van der Waals surface area contributed by atoms with Crippen molar-refractivity contribution in [2.45, 2.75) is 18.4 Å². The van der Waals surface area contributed by atoms with Crippen LogP contribution < -0.4 is 10.1 Å². The number of halogens is 2. The molecule has 0 saturated carbocycles. The maximum absolute atomic E-state index is 13.5. The van der Waals surface area contributed by atoms with Crippen LogP contribution in [-0.4, -0.2) is 19.7 Å². The molecule has 1 aliphatic rings. The monoisotopic (exact) mass is 349 g/mol. The lowest BCUT2D eigenvalue weighted by molar-refractivity contribution is 0.302. The van der Waals surface area contributed by atoms with E-state index in [-0.39, 0.29) is 17.8 Å². The van der Waals surface area contributed by atoms with Crippen LogP contribution in [0, 0.1) is 5.82 Å². The van der Waals surface area contributed by atoms with E-state index in [1.54, 1.807) is 6.07 Å². The van der Waals surface area contributed by atoms with Crippen molar-refractivity contribution in [3.63, 3.8) is 0 Å². The molecule has 3 rings (SSSR count). The maximum atomic E-state index is 13.5. The molecule has 21 heavy (non-hydrogen) atoms. The first kappa shape index (κ1) is 14.5. The molecule has 1 heterocycles. The number of benzene rings is 2. The highest BCUT2D eigenvalue weighted by Gasteiger charge is 2.30. The van der Waals surface area contributed by atoms with Crippen molar-refractivity contribution in [1.82, 2.24) is 5.32 Å². The molecule has 2 atom stereocenters. The van der Waals surface area contributed by atoms with Gasteiger partial charge in [0.2, 0.25) is 0 Å². The van der Waals surface area contributed by atoms with Gasteiger partial charge in [0.1, 0.15) is 11.6 Å². The van der Waals surface area contributed by atoms with E-state index >= 15 is 0 Å². The van der Waals surface area contributed by atoms with E-state index < -0.39 is 0 Å². The fourth-order valence-electron chi connectivity index (χ4n) is 2.95. The van der Waals surface area contributed by atoms with Crippen LogP contribution in [0.25, 0.3) is 0 Å². The van der Waals surface area contributed by atoms with Gasteiger partial charge in [-0.05, 0) is 43.3 Å². The van der Waals surface area contributed by atoms with E-state index in [4.69, 9.17) is 4.74 Å². The average molecular weight is 350 g/mol. The molecule has 0 spiro atoms. The predicted molar refractivity (Wildman–Crippen MR) is 85.3 cm³/mol. The van der Waals surface area contributed by atoms with Gasteiger partial charge in [0.15, 0.2) is 0 Å². The van der Waals surface area contributed by atoms with Gasteiger partial charge in [0.25, 0.3) is 0 Å². The van der Waals surface area contributed by atoms with Crippen LogP contribution in [0.3, 0.4) is 0 Å². The Balaban J connectivity index is 1.83. The van der Waals surface area contributed by atoms with E-state index in [0.29, 0.717) is 6.61 Å².